The average Bonchev–Trinajstić information content (AvgIpc) is 3.19. The zero-order chi connectivity index (χ0) is 17.8. The van der Waals surface area contributed by atoms with E-state index < -0.39 is 6.10 Å². The Morgan fingerprint density at radius 2 is 2.32 bits per heavy atom. The van der Waals surface area contributed by atoms with Crippen LogP contribution in [-0.4, -0.2) is 38.2 Å². The quantitative estimate of drug-likeness (QED) is 0.585. The van der Waals surface area contributed by atoms with Gasteiger partial charge >= 0.3 is 0 Å². The van der Waals surface area contributed by atoms with E-state index in [0.717, 1.165) is 48.0 Å². The van der Waals surface area contributed by atoms with Crippen molar-refractivity contribution >= 4 is 22.1 Å². The molecule has 0 radical (unpaired) electrons. The lowest BCUT2D eigenvalue weighted by molar-refractivity contribution is 0.184. The normalized spacial score (nSPS) is 14.0. The number of aromatic amines is 1. The predicted octanol–water partition coefficient (Wildman–Crippen LogP) is 2.50. The minimum Gasteiger partial charge on any atom is -0.385 e. The fourth-order valence-electron chi connectivity index (χ4n) is 3.42. The Morgan fingerprint density at radius 1 is 1.48 bits per heavy atom. The second-order valence-electron chi connectivity index (χ2n) is 6.46. The number of pyridine rings is 1. The van der Waals surface area contributed by atoms with Crippen LogP contribution in [0.1, 0.15) is 38.1 Å². The molecule has 0 saturated carbocycles. The first kappa shape index (κ1) is 17.4. The van der Waals surface area contributed by atoms with Crippen LogP contribution in [0.3, 0.4) is 0 Å². The van der Waals surface area contributed by atoms with Gasteiger partial charge in [-0.2, -0.15) is 5.26 Å². The fourth-order valence-corrected chi connectivity index (χ4v) is 3.42. The molecule has 3 N–H and O–H groups in total. The monoisotopic (exact) mass is 340 g/mol. The summed E-state index contributed by atoms with van der Waals surface area (Å²) in [6.45, 7) is 3.33. The van der Waals surface area contributed by atoms with Crippen LogP contribution in [0, 0.1) is 17.2 Å². The number of imidazole rings is 1. The van der Waals surface area contributed by atoms with Crippen molar-refractivity contribution in [3.05, 3.63) is 24.3 Å². The highest BCUT2D eigenvalue weighted by atomic mass is 16.3. The van der Waals surface area contributed by atoms with E-state index in [-0.39, 0.29) is 0 Å². The Labute approximate surface area is 146 Å². The van der Waals surface area contributed by atoms with Gasteiger partial charge in [-0.3, -0.25) is 0 Å². The van der Waals surface area contributed by atoms with Crippen LogP contribution in [0.2, 0.25) is 0 Å². The van der Waals surface area contributed by atoms with E-state index in [0.29, 0.717) is 18.2 Å². The second kappa shape index (κ2) is 7.64. The van der Waals surface area contributed by atoms with Gasteiger partial charge in [-0.1, -0.05) is 0 Å². The van der Waals surface area contributed by atoms with Gasteiger partial charge in [-0.25, -0.2) is 9.97 Å². The van der Waals surface area contributed by atoms with Gasteiger partial charge < -0.3 is 20.0 Å². The summed E-state index contributed by atoms with van der Waals surface area (Å²) in [5.74, 6) is 1.00. The van der Waals surface area contributed by atoms with Crippen LogP contribution in [0.25, 0.3) is 22.1 Å². The molecule has 0 aliphatic carbocycles. The summed E-state index contributed by atoms with van der Waals surface area (Å²) in [6.07, 6.45) is 5.40. The largest absolute Gasteiger partial charge is 0.385 e. The van der Waals surface area contributed by atoms with Crippen LogP contribution < -0.4 is 5.32 Å². The number of fused-ring (bicyclic) bond motifs is 3. The van der Waals surface area contributed by atoms with E-state index in [4.69, 9.17) is 5.26 Å². The van der Waals surface area contributed by atoms with E-state index in [1.54, 1.807) is 13.1 Å². The minimum atomic E-state index is -0.645. The molecule has 0 saturated heterocycles. The van der Waals surface area contributed by atoms with Gasteiger partial charge in [-0.05, 0) is 45.3 Å². The number of H-pyrrole nitrogens is 1. The van der Waals surface area contributed by atoms with Crippen molar-refractivity contribution in [1.82, 2.24) is 24.8 Å². The zero-order valence-corrected chi connectivity index (χ0v) is 14.7. The molecule has 3 heterocycles. The molecular weight excluding hydrogens is 316 g/mol. The summed E-state index contributed by atoms with van der Waals surface area (Å²) in [5.41, 5.74) is 2.63. The summed E-state index contributed by atoms with van der Waals surface area (Å²) >= 11 is 0. The first-order valence-corrected chi connectivity index (χ1v) is 8.67. The zero-order valence-electron chi connectivity index (χ0n) is 14.7. The van der Waals surface area contributed by atoms with Gasteiger partial charge in [0, 0.05) is 24.5 Å². The van der Waals surface area contributed by atoms with Gasteiger partial charge in [0.1, 0.15) is 23.1 Å². The third-order valence-electron chi connectivity index (χ3n) is 4.56. The maximum Gasteiger partial charge on any atom is 0.139 e. The number of nitrogens with zero attached hydrogens (tertiary/aromatic N) is 4. The molecule has 7 heteroatoms. The number of aryl methyl sites for hydroxylation is 1. The molecule has 0 spiro atoms. The molecule has 3 rings (SSSR count). The lowest BCUT2D eigenvalue weighted by atomic mass is 10.00. The molecule has 25 heavy (non-hydrogen) atoms. The molecule has 2 atom stereocenters. The first-order valence-electron chi connectivity index (χ1n) is 8.67. The van der Waals surface area contributed by atoms with Crippen LogP contribution in [-0.2, 0) is 6.54 Å². The van der Waals surface area contributed by atoms with E-state index in [1.165, 1.54) is 0 Å². The Hall–Kier alpha value is -2.43. The number of nitriles is 1. The summed E-state index contributed by atoms with van der Waals surface area (Å²) < 4.78 is 2.10. The second-order valence-corrected chi connectivity index (χ2v) is 6.46. The van der Waals surface area contributed by atoms with E-state index in [9.17, 15) is 5.11 Å². The van der Waals surface area contributed by atoms with Gasteiger partial charge in [0.25, 0.3) is 0 Å². The molecule has 0 bridgehead atoms. The predicted molar refractivity (Wildman–Crippen MR) is 96.9 cm³/mol. The molecule has 0 aliphatic heterocycles. The van der Waals surface area contributed by atoms with Crippen molar-refractivity contribution in [3.8, 4) is 6.07 Å². The molecule has 0 amide bonds. The van der Waals surface area contributed by atoms with Crippen LogP contribution in [0.5, 0.6) is 0 Å². The summed E-state index contributed by atoms with van der Waals surface area (Å²) in [7, 11) is 1.91. The van der Waals surface area contributed by atoms with Crippen LogP contribution >= 0.6 is 0 Å². The molecule has 132 valence electrons. The standard InChI is InChI=1S/C18H24N6O/c1-12(25)18-23-15-11-22-17-14(6-8-21-17)16(15)24(18)9-3-4-13(5-7-19)10-20-2/h6,8,11-13,20,25H,3-5,9-10H2,1-2H3,(H,21,22)/t12-,13?/m1/s1. The third-order valence-corrected chi connectivity index (χ3v) is 4.56. The molecule has 0 aliphatic rings. The van der Waals surface area contributed by atoms with Crippen molar-refractivity contribution in [1.29, 1.82) is 5.26 Å². The number of nitrogens with one attached hydrogen (secondary N) is 2. The molecule has 3 aromatic heterocycles. The summed E-state index contributed by atoms with van der Waals surface area (Å²) in [6, 6.07) is 4.26. The lowest BCUT2D eigenvalue weighted by Gasteiger charge is -2.15. The van der Waals surface area contributed by atoms with Crippen molar-refractivity contribution < 1.29 is 5.11 Å². The van der Waals surface area contributed by atoms with Crippen molar-refractivity contribution in [2.75, 3.05) is 13.6 Å². The average molecular weight is 340 g/mol. The number of hydrogen-bond acceptors (Lipinski definition) is 5. The van der Waals surface area contributed by atoms with Crippen LogP contribution in [0.15, 0.2) is 18.5 Å². The Kier molecular flexibility index (Phi) is 5.31. The Morgan fingerprint density at radius 3 is 3.04 bits per heavy atom. The third kappa shape index (κ3) is 3.50. The molecule has 0 aromatic carbocycles. The molecule has 1 unspecified atom stereocenters. The molecule has 7 nitrogen and oxygen atoms in total. The van der Waals surface area contributed by atoms with Gasteiger partial charge in [0.2, 0.25) is 0 Å². The van der Waals surface area contributed by atoms with Crippen molar-refractivity contribution in [2.45, 2.75) is 38.8 Å². The SMILES string of the molecule is CNCC(CC#N)CCCn1c([C@@H](C)O)nc2cnc3[nH]ccc3c21. The summed E-state index contributed by atoms with van der Waals surface area (Å²) in [5, 5.41) is 23.3. The maximum absolute atomic E-state index is 10.1. The smallest absolute Gasteiger partial charge is 0.139 e. The number of hydrogen-bond donors (Lipinski definition) is 3. The molecule has 3 aromatic rings. The molecular formula is C18H24N6O. The lowest BCUT2D eigenvalue weighted by Crippen LogP contribution is -2.19. The van der Waals surface area contributed by atoms with Crippen LogP contribution in [0.4, 0.5) is 0 Å². The fraction of sp³-hybridized carbons (Fsp3) is 0.500. The van der Waals surface area contributed by atoms with Gasteiger partial charge in [0.05, 0.1) is 17.8 Å². The number of aromatic nitrogens is 4. The number of aliphatic hydroxyl groups excluding tert-OH is 1. The highest BCUT2D eigenvalue weighted by molar-refractivity contribution is 6.01. The summed E-state index contributed by atoms with van der Waals surface area (Å²) in [4.78, 5) is 12.1. The van der Waals surface area contributed by atoms with Crippen molar-refractivity contribution in [2.24, 2.45) is 5.92 Å². The van der Waals surface area contributed by atoms with Crippen molar-refractivity contribution in [3.63, 3.8) is 0 Å². The number of aliphatic hydroxyl groups is 1. The van der Waals surface area contributed by atoms with Gasteiger partial charge in [-0.15, -0.1) is 0 Å². The highest BCUT2D eigenvalue weighted by Gasteiger charge is 2.18. The highest BCUT2D eigenvalue weighted by Crippen LogP contribution is 2.27. The topological polar surface area (TPSA) is 103 Å². The Bertz CT molecular complexity index is 888. The van der Waals surface area contributed by atoms with E-state index in [1.807, 2.05) is 19.3 Å². The molecule has 0 fully saturated rings. The first-order chi connectivity index (χ1) is 12.2. The Balaban J connectivity index is 1.90. The van der Waals surface area contributed by atoms with Gasteiger partial charge in [0.15, 0.2) is 0 Å². The van der Waals surface area contributed by atoms with E-state index in [2.05, 4.69) is 30.9 Å². The van der Waals surface area contributed by atoms with E-state index >= 15 is 0 Å². The number of rotatable bonds is 8. The maximum atomic E-state index is 10.1. The minimum absolute atomic E-state index is 0.341.